The molecule has 0 atom stereocenters. The van der Waals surface area contributed by atoms with Gasteiger partial charge >= 0.3 is 0 Å². The fourth-order valence-electron chi connectivity index (χ4n) is 7.33. The summed E-state index contributed by atoms with van der Waals surface area (Å²) in [5, 5.41) is 13.5. The Hall–Kier alpha value is -6.19. The summed E-state index contributed by atoms with van der Waals surface area (Å²) in [5.74, 6) is 1.11. The van der Waals surface area contributed by atoms with E-state index in [-0.39, 0.29) is 11.8 Å². The van der Waals surface area contributed by atoms with Gasteiger partial charge in [0.2, 0.25) is 5.71 Å². The molecule has 4 aromatic heterocycles. The van der Waals surface area contributed by atoms with Crippen LogP contribution >= 0.6 is 0 Å². The van der Waals surface area contributed by atoms with Crippen LogP contribution in [-0.4, -0.2) is 14.5 Å². The van der Waals surface area contributed by atoms with Gasteiger partial charge in [-0.1, -0.05) is 88.4 Å². The number of rotatable bonds is 5. The minimum Gasteiger partial charge on any atom is -0.456 e. The van der Waals surface area contributed by atoms with E-state index in [0.717, 1.165) is 77.5 Å². The van der Waals surface area contributed by atoms with Crippen molar-refractivity contribution in [1.82, 2.24) is 14.5 Å². The van der Waals surface area contributed by atoms with Crippen LogP contribution < -0.4 is 0 Å². The predicted molar refractivity (Wildman–Crippen MR) is 197 cm³/mol. The van der Waals surface area contributed by atoms with Crippen LogP contribution in [0.4, 0.5) is 0 Å². The Morgan fingerprint density at radius 3 is 2.24 bits per heavy atom. The molecule has 0 bridgehead atoms. The minimum absolute atomic E-state index is 0.134. The van der Waals surface area contributed by atoms with Gasteiger partial charge in [0.1, 0.15) is 34.3 Å². The number of hydrogen-bond acceptors (Lipinski definition) is 5. The first kappa shape index (κ1) is 29.0. The highest BCUT2D eigenvalue weighted by Crippen LogP contribution is 2.45. The van der Waals surface area contributed by atoms with E-state index in [4.69, 9.17) is 13.8 Å². The average molecular weight is 637 g/mol. The van der Waals surface area contributed by atoms with E-state index < -0.39 is 0 Å². The highest BCUT2D eigenvalue weighted by atomic mass is 16.3. The van der Waals surface area contributed by atoms with E-state index in [1.165, 1.54) is 5.56 Å². The van der Waals surface area contributed by atoms with Crippen molar-refractivity contribution in [1.29, 1.82) is 5.26 Å². The Bertz CT molecular complexity index is 2790. The van der Waals surface area contributed by atoms with Gasteiger partial charge in [-0.2, -0.15) is 5.26 Å². The smallest absolute Gasteiger partial charge is 0.228 e. The summed E-state index contributed by atoms with van der Waals surface area (Å²) in [5.41, 5.74) is 11.7. The summed E-state index contributed by atoms with van der Waals surface area (Å²) < 4.78 is 15.6. The van der Waals surface area contributed by atoms with Crippen molar-refractivity contribution in [2.45, 2.75) is 39.5 Å². The molecule has 4 heterocycles. The first-order valence-corrected chi connectivity index (χ1v) is 16.7. The zero-order valence-electron chi connectivity index (χ0n) is 27.7. The number of benzene rings is 5. The van der Waals surface area contributed by atoms with Gasteiger partial charge in [0, 0.05) is 27.1 Å². The second-order valence-corrected chi connectivity index (χ2v) is 13.3. The number of furan rings is 2. The van der Waals surface area contributed by atoms with Crippen molar-refractivity contribution in [3.05, 3.63) is 126 Å². The van der Waals surface area contributed by atoms with E-state index in [1.54, 1.807) is 6.07 Å². The van der Waals surface area contributed by atoms with Gasteiger partial charge in [0.25, 0.3) is 0 Å². The standard InChI is InChI=1S/C43H32N4O2/c1-24(2)33-22-34-29-19-17-27(26-11-6-5-7-12-26)21-37(29)48-41(34)38(25(3)4)39(33)47-36-16-9-8-15-35(36)46-42(47)32-14-10-13-30-31-20-18-28(23-44)45-43(31)49-40(30)32/h5-22,24-25H,1-4H3. The van der Waals surface area contributed by atoms with Crippen molar-refractivity contribution in [2.75, 3.05) is 0 Å². The Kier molecular flexibility index (Phi) is 6.47. The molecule has 0 aliphatic carbocycles. The third-order valence-corrected chi connectivity index (χ3v) is 9.61. The summed E-state index contributed by atoms with van der Waals surface area (Å²) in [6.07, 6.45) is 0. The SMILES string of the molecule is CC(C)c1cc2c(oc3cc(-c4ccccc4)ccc32)c(C(C)C)c1-n1c(-c2cccc3c2oc2nc(C#N)ccc23)nc2ccccc21. The molecule has 0 fully saturated rings. The average Bonchev–Trinajstić information content (AvgIpc) is 3.81. The minimum atomic E-state index is 0.134. The lowest BCUT2D eigenvalue weighted by atomic mass is 9.89. The van der Waals surface area contributed by atoms with E-state index >= 15 is 0 Å². The number of para-hydroxylation sites is 3. The molecule has 6 nitrogen and oxygen atoms in total. The maximum Gasteiger partial charge on any atom is 0.228 e. The molecule has 49 heavy (non-hydrogen) atoms. The van der Waals surface area contributed by atoms with E-state index in [1.807, 2.05) is 30.3 Å². The van der Waals surface area contributed by atoms with Crippen LogP contribution in [0.15, 0.2) is 118 Å². The molecule has 0 aliphatic rings. The molecule has 236 valence electrons. The third-order valence-electron chi connectivity index (χ3n) is 9.61. The van der Waals surface area contributed by atoms with Crippen LogP contribution in [-0.2, 0) is 0 Å². The van der Waals surface area contributed by atoms with Crippen LogP contribution in [0.3, 0.4) is 0 Å². The molecule has 6 heteroatoms. The Morgan fingerprint density at radius 1 is 0.653 bits per heavy atom. The number of aromatic nitrogens is 3. The highest BCUT2D eigenvalue weighted by molar-refractivity contribution is 6.10. The maximum absolute atomic E-state index is 9.50. The van der Waals surface area contributed by atoms with Gasteiger partial charge in [-0.05, 0) is 77.1 Å². The fourth-order valence-corrected chi connectivity index (χ4v) is 7.33. The molecule has 9 aromatic rings. The number of pyridine rings is 1. The van der Waals surface area contributed by atoms with E-state index in [9.17, 15) is 5.26 Å². The molecular weight excluding hydrogens is 604 g/mol. The van der Waals surface area contributed by atoms with Gasteiger partial charge < -0.3 is 8.83 Å². The monoisotopic (exact) mass is 636 g/mol. The molecule has 0 saturated heterocycles. The maximum atomic E-state index is 9.50. The van der Waals surface area contributed by atoms with Crippen molar-refractivity contribution < 1.29 is 8.83 Å². The van der Waals surface area contributed by atoms with Gasteiger partial charge in [-0.25, -0.2) is 9.97 Å². The van der Waals surface area contributed by atoms with Crippen LogP contribution in [0, 0.1) is 11.3 Å². The summed E-state index contributed by atoms with van der Waals surface area (Å²) in [6.45, 7) is 8.98. The largest absolute Gasteiger partial charge is 0.456 e. The number of hydrogen-bond donors (Lipinski definition) is 0. The molecule has 0 unspecified atom stereocenters. The molecule has 9 rings (SSSR count). The van der Waals surface area contributed by atoms with Crippen LogP contribution in [0.2, 0.25) is 0 Å². The van der Waals surface area contributed by atoms with Crippen molar-refractivity contribution in [2.24, 2.45) is 0 Å². The number of fused-ring (bicyclic) bond motifs is 7. The molecule has 0 radical (unpaired) electrons. The van der Waals surface area contributed by atoms with Crippen molar-refractivity contribution in [3.63, 3.8) is 0 Å². The number of nitriles is 1. The number of imidazole rings is 1. The second-order valence-electron chi connectivity index (χ2n) is 13.3. The topological polar surface area (TPSA) is 80.8 Å². The second kappa shape index (κ2) is 10.9. The van der Waals surface area contributed by atoms with Crippen molar-refractivity contribution >= 4 is 55.0 Å². The lowest BCUT2D eigenvalue weighted by molar-refractivity contribution is 0.653. The van der Waals surface area contributed by atoms with Gasteiger partial charge in [-0.3, -0.25) is 4.57 Å². The highest BCUT2D eigenvalue weighted by Gasteiger charge is 2.28. The van der Waals surface area contributed by atoms with Gasteiger partial charge in [0.05, 0.1) is 22.3 Å². The zero-order chi connectivity index (χ0) is 33.4. The fraction of sp³-hybridized carbons (Fsp3) is 0.140. The van der Waals surface area contributed by atoms with Gasteiger partial charge in [0.15, 0.2) is 0 Å². The van der Waals surface area contributed by atoms with E-state index in [0.29, 0.717) is 17.0 Å². The molecule has 0 N–H and O–H groups in total. The molecule has 0 amide bonds. The lowest BCUT2D eigenvalue weighted by Crippen LogP contribution is -2.09. The molecule has 5 aromatic carbocycles. The predicted octanol–water partition coefficient (Wildman–Crippen LogP) is 11.7. The Balaban J connectivity index is 1.38. The summed E-state index contributed by atoms with van der Waals surface area (Å²) >= 11 is 0. The lowest BCUT2D eigenvalue weighted by Gasteiger charge is -2.23. The van der Waals surface area contributed by atoms with E-state index in [2.05, 4.69) is 116 Å². The normalized spacial score (nSPS) is 12.0. The summed E-state index contributed by atoms with van der Waals surface area (Å²) in [6, 6.07) is 39.5. The zero-order valence-corrected chi connectivity index (χ0v) is 27.7. The molecular formula is C43H32N4O2. The first-order chi connectivity index (χ1) is 23.9. The quantitative estimate of drug-likeness (QED) is 0.188. The molecule has 0 saturated carbocycles. The van der Waals surface area contributed by atoms with Crippen LogP contribution in [0.25, 0.3) is 83.2 Å². The first-order valence-electron chi connectivity index (χ1n) is 16.7. The van der Waals surface area contributed by atoms with Crippen LogP contribution in [0.5, 0.6) is 0 Å². The van der Waals surface area contributed by atoms with Crippen LogP contribution in [0.1, 0.15) is 56.4 Å². The Labute approximate surface area is 282 Å². The van der Waals surface area contributed by atoms with Crippen molar-refractivity contribution in [3.8, 4) is 34.3 Å². The summed E-state index contributed by atoms with van der Waals surface area (Å²) in [7, 11) is 0. The number of nitrogens with zero attached hydrogens (tertiary/aromatic N) is 4. The summed E-state index contributed by atoms with van der Waals surface area (Å²) in [4.78, 5) is 9.76. The van der Waals surface area contributed by atoms with Gasteiger partial charge in [-0.15, -0.1) is 0 Å². The third kappa shape index (κ3) is 4.39. The molecule has 0 spiro atoms. The molecule has 0 aliphatic heterocycles. The Morgan fingerprint density at radius 2 is 1.45 bits per heavy atom.